The van der Waals surface area contributed by atoms with Gasteiger partial charge in [0, 0.05) is 29.6 Å². The molecule has 0 aliphatic carbocycles. The van der Waals surface area contributed by atoms with Crippen LogP contribution in [0.2, 0.25) is 0 Å². The quantitative estimate of drug-likeness (QED) is 0.241. The van der Waals surface area contributed by atoms with E-state index in [2.05, 4.69) is 10.3 Å². The van der Waals surface area contributed by atoms with Crippen LogP contribution >= 0.6 is 0 Å². The molecule has 0 spiro atoms. The minimum Gasteiger partial charge on any atom is -0.459 e. The number of carbonyl (C=O) groups is 3. The van der Waals surface area contributed by atoms with Crippen molar-refractivity contribution in [1.82, 2.24) is 15.2 Å². The van der Waals surface area contributed by atoms with Crippen molar-refractivity contribution in [2.24, 2.45) is 17.8 Å². The smallest absolute Gasteiger partial charge is 0.316 e. The Morgan fingerprint density at radius 1 is 1.02 bits per heavy atom. The van der Waals surface area contributed by atoms with Gasteiger partial charge in [-0.1, -0.05) is 44.2 Å². The minimum absolute atomic E-state index is 0.0620. The summed E-state index contributed by atoms with van der Waals surface area (Å²) in [6, 6.07) is 8.76. The summed E-state index contributed by atoms with van der Waals surface area (Å²) < 4.78 is 25.1. The van der Waals surface area contributed by atoms with Crippen molar-refractivity contribution < 1.29 is 48.7 Å². The second-order valence-electron chi connectivity index (χ2n) is 15.6. The number of aliphatic hydroxyl groups excluding tert-OH is 2. The highest BCUT2D eigenvalue weighted by Crippen LogP contribution is 2.36. The van der Waals surface area contributed by atoms with Crippen LogP contribution in [-0.4, -0.2) is 124 Å². The van der Waals surface area contributed by atoms with Gasteiger partial charge >= 0.3 is 5.97 Å². The fourth-order valence-electron chi connectivity index (χ4n) is 7.50. The second kappa shape index (κ2) is 17.4. The Balaban J connectivity index is 1.78. The minimum atomic E-state index is -2.02. The Hall–Kier alpha value is -3.30. The fourth-order valence-corrected chi connectivity index (χ4v) is 7.50. The van der Waals surface area contributed by atoms with Gasteiger partial charge in [0.2, 0.25) is 5.91 Å². The van der Waals surface area contributed by atoms with Crippen LogP contribution in [0.4, 0.5) is 0 Å². The third-order valence-corrected chi connectivity index (χ3v) is 11.0. The van der Waals surface area contributed by atoms with Crippen LogP contribution in [0.15, 0.2) is 42.6 Å². The molecular formula is C40H59N3O10. The molecule has 4 rings (SSSR count). The summed E-state index contributed by atoms with van der Waals surface area (Å²) in [5, 5.41) is 37.8. The summed E-state index contributed by atoms with van der Waals surface area (Å²) in [5.41, 5.74) is -1.59. The molecule has 3 heterocycles. The monoisotopic (exact) mass is 741 g/mol. The van der Waals surface area contributed by atoms with Gasteiger partial charge in [-0.15, -0.1) is 0 Å². The molecule has 294 valence electrons. The van der Waals surface area contributed by atoms with Crippen LogP contribution in [0.3, 0.4) is 0 Å². The summed E-state index contributed by atoms with van der Waals surface area (Å²) >= 11 is 0. The number of Topliss-reactive ketones (excluding diaryl/α,β-unsaturated/α-hetero) is 1. The standard InChI is InChI=1S/C40H59N3O10/c1-22-21-39(7,50-19-13-14-28-17-18-41-30-16-12-11-15-29(28)30)35(53-38-33(45)31(43(9)10)20-23(2)51-38)24(3)32(44)25(4)37(48)52-27(6)40(8,49)34(46)26(5)36(47)42-22/h11-18,22-27,31,33-35,38,45-46,49H,19-21H2,1-10H3,(H,42,47)/b14-13+/t22-,23-,24+,25-,26-,27-,31+,33-,34-,35-,38+,39-,40-/m1/s1. The molecule has 0 radical (unpaired) electrons. The van der Waals surface area contributed by atoms with Crippen molar-refractivity contribution >= 4 is 34.6 Å². The molecule has 0 bridgehead atoms. The molecular weight excluding hydrogens is 682 g/mol. The maximum atomic E-state index is 14.3. The molecule has 2 saturated heterocycles. The number of para-hydroxylation sites is 1. The van der Waals surface area contributed by atoms with Crippen molar-refractivity contribution in [3.8, 4) is 0 Å². The number of ketones is 1. The normalized spacial score (nSPS) is 38.4. The molecule has 2 aliphatic heterocycles. The van der Waals surface area contributed by atoms with Gasteiger partial charge < -0.3 is 44.5 Å². The fraction of sp³-hybridized carbons (Fsp3) is 0.650. The van der Waals surface area contributed by atoms with Crippen LogP contribution in [0.25, 0.3) is 17.0 Å². The highest BCUT2D eigenvalue weighted by molar-refractivity contribution is 6.00. The van der Waals surface area contributed by atoms with Gasteiger partial charge in [-0.2, -0.15) is 0 Å². The molecule has 1 aromatic carbocycles. The van der Waals surface area contributed by atoms with Crippen LogP contribution in [0.5, 0.6) is 0 Å². The third-order valence-electron chi connectivity index (χ3n) is 11.0. The first-order valence-electron chi connectivity index (χ1n) is 18.5. The summed E-state index contributed by atoms with van der Waals surface area (Å²) in [7, 11) is 3.72. The Morgan fingerprint density at radius 3 is 2.38 bits per heavy atom. The van der Waals surface area contributed by atoms with E-state index in [0.717, 1.165) is 16.5 Å². The lowest BCUT2D eigenvalue weighted by molar-refractivity contribution is -0.296. The number of fused-ring (bicyclic) bond motifs is 1. The van der Waals surface area contributed by atoms with Crippen LogP contribution < -0.4 is 5.32 Å². The molecule has 2 aliphatic rings. The summed E-state index contributed by atoms with van der Waals surface area (Å²) in [4.78, 5) is 47.6. The largest absolute Gasteiger partial charge is 0.459 e. The van der Waals surface area contributed by atoms with E-state index in [4.69, 9.17) is 18.9 Å². The van der Waals surface area contributed by atoms with E-state index in [1.807, 2.05) is 68.4 Å². The van der Waals surface area contributed by atoms with Crippen LogP contribution in [0.1, 0.15) is 73.8 Å². The Kier molecular flexibility index (Phi) is 14.0. The molecule has 0 unspecified atom stereocenters. The van der Waals surface area contributed by atoms with Gasteiger partial charge in [0.1, 0.15) is 23.7 Å². The van der Waals surface area contributed by atoms with E-state index in [-0.39, 0.29) is 25.2 Å². The molecule has 1 amide bonds. The Bertz CT molecular complexity index is 1610. The average molecular weight is 742 g/mol. The number of aromatic nitrogens is 1. The Morgan fingerprint density at radius 2 is 1.70 bits per heavy atom. The number of likely N-dealkylation sites (N-methyl/N-ethyl adjacent to an activating group) is 1. The molecule has 1 aromatic heterocycles. The van der Waals surface area contributed by atoms with Crippen molar-refractivity contribution in [3.63, 3.8) is 0 Å². The molecule has 2 aromatic rings. The number of ether oxygens (including phenoxy) is 4. The zero-order valence-corrected chi connectivity index (χ0v) is 32.7. The van der Waals surface area contributed by atoms with E-state index in [0.29, 0.717) is 6.42 Å². The molecule has 13 heteroatoms. The highest BCUT2D eigenvalue weighted by atomic mass is 16.7. The number of esters is 1. The van der Waals surface area contributed by atoms with Crippen LogP contribution in [-0.2, 0) is 33.3 Å². The number of aliphatic hydroxyl groups is 3. The van der Waals surface area contributed by atoms with E-state index in [1.165, 1.54) is 27.7 Å². The second-order valence-corrected chi connectivity index (χ2v) is 15.6. The summed E-state index contributed by atoms with van der Waals surface area (Å²) in [6.45, 7) is 12.7. The zero-order chi connectivity index (χ0) is 39.4. The molecule has 13 nitrogen and oxygen atoms in total. The van der Waals surface area contributed by atoms with Gasteiger partial charge in [0.05, 0.1) is 42.0 Å². The molecule has 13 atom stereocenters. The van der Waals surface area contributed by atoms with Crippen LogP contribution in [0, 0.1) is 17.8 Å². The predicted molar refractivity (Wildman–Crippen MR) is 199 cm³/mol. The number of rotatable bonds is 7. The first-order chi connectivity index (χ1) is 24.8. The lowest BCUT2D eigenvalue weighted by Gasteiger charge is -2.47. The third kappa shape index (κ3) is 9.69. The first-order valence-corrected chi connectivity index (χ1v) is 18.5. The van der Waals surface area contributed by atoms with E-state index < -0.39 is 83.4 Å². The average Bonchev–Trinajstić information content (AvgIpc) is 3.11. The zero-order valence-electron chi connectivity index (χ0n) is 32.7. The highest BCUT2D eigenvalue weighted by Gasteiger charge is 2.50. The van der Waals surface area contributed by atoms with Gasteiger partial charge in [0.15, 0.2) is 12.1 Å². The van der Waals surface area contributed by atoms with E-state index >= 15 is 0 Å². The predicted octanol–water partition coefficient (Wildman–Crippen LogP) is 3.26. The van der Waals surface area contributed by atoms with Crippen molar-refractivity contribution in [3.05, 3.63) is 48.2 Å². The van der Waals surface area contributed by atoms with Gasteiger partial charge in [0.25, 0.3) is 0 Å². The number of benzene rings is 1. The molecule has 53 heavy (non-hydrogen) atoms. The van der Waals surface area contributed by atoms with Gasteiger partial charge in [-0.05, 0) is 86.2 Å². The van der Waals surface area contributed by atoms with Crippen molar-refractivity contribution in [2.75, 3.05) is 20.7 Å². The number of amides is 1. The summed E-state index contributed by atoms with van der Waals surface area (Å²) in [6.07, 6.45) is -0.385. The van der Waals surface area contributed by atoms with Crippen molar-refractivity contribution in [1.29, 1.82) is 0 Å². The number of cyclic esters (lactones) is 1. The number of carbonyl (C=O) groups excluding carboxylic acids is 3. The van der Waals surface area contributed by atoms with Gasteiger partial charge in [-0.3, -0.25) is 19.4 Å². The molecule has 0 saturated carbocycles. The first kappa shape index (κ1) is 42.4. The number of hydrogen-bond acceptors (Lipinski definition) is 12. The molecule has 4 N–H and O–H groups in total. The number of nitrogens with zero attached hydrogens (tertiary/aromatic N) is 2. The maximum absolute atomic E-state index is 14.3. The van der Waals surface area contributed by atoms with Crippen molar-refractivity contribution in [2.45, 2.75) is 128 Å². The molecule has 2 fully saturated rings. The van der Waals surface area contributed by atoms with E-state index in [1.54, 1.807) is 27.0 Å². The number of nitrogens with one attached hydrogen (secondary N) is 1. The lowest BCUT2D eigenvalue weighted by atomic mass is 9.79. The lowest BCUT2D eigenvalue weighted by Crippen LogP contribution is -2.60. The number of pyridine rings is 1. The van der Waals surface area contributed by atoms with E-state index in [9.17, 15) is 29.7 Å². The topological polar surface area (TPSA) is 177 Å². The summed E-state index contributed by atoms with van der Waals surface area (Å²) in [5.74, 6) is -5.41. The number of hydrogen-bond donors (Lipinski definition) is 4. The SMILES string of the molecule is C[C@H]1C(=O)O[C@H](C)[C@@](C)(O)[C@H](O)[C@@H](C)C(=O)N[C@H](C)C[C@@](C)(OC/C=C/c2ccnc3ccccc23)[C@H](O[C@@H]2O[C@H](C)C[C@H](N(C)C)[C@H]2O)[C@@H](C)C1=O. The maximum Gasteiger partial charge on any atom is 0.316 e. The Labute approximate surface area is 313 Å². The van der Waals surface area contributed by atoms with Gasteiger partial charge in [-0.25, -0.2) is 0 Å².